The van der Waals surface area contributed by atoms with Crippen LogP contribution in [0.2, 0.25) is 0 Å². The van der Waals surface area contributed by atoms with Crippen LogP contribution in [0.5, 0.6) is 0 Å². The van der Waals surface area contributed by atoms with Gasteiger partial charge in [-0.3, -0.25) is 9.59 Å². The first-order chi connectivity index (χ1) is 9.44. The molecule has 0 spiro atoms. The van der Waals surface area contributed by atoms with Gasteiger partial charge >= 0.3 is 0 Å². The van der Waals surface area contributed by atoms with Crippen molar-refractivity contribution >= 4 is 11.8 Å². The molecule has 0 aromatic rings. The molecule has 0 aromatic heterocycles. The smallest absolute Gasteiger partial charge is 0.248 e. The molecule has 1 N–H and O–H groups in total. The standard InChI is InChI=1S/C16H26N2O2/c1-4-13-14(19)17-16(2,3)15(20)18(13)9-12(10-5-6-10)11-7-8-11/h10-13H,4-9H2,1-3H3,(H,17,19). The lowest BCUT2D eigenvalue weighted by Gasteiger charge is -2.44. The average molecular weight is 278 g/mol. The average Bonchev–Trinajstić information content (AvgIpc) is 3.25. The zero-order valence-corrected chi connectivity index (χ0v) is 12.8. The fourth-order valence-electron chi connectivity index (χ4n) is 3.66. The van der Waals surface area contributed by atoms with Crippen LogP contribution in [0.15, 0.2) is 0 Å². The Labute approximate surface area is 121 Å². The van der Waals surface area contributed by atoms with E-state index in [1.54, 1.807) is 0 Å². The van der Waals surface area contributed by atoms with Gasteiger partial charge in [0.1, 0.15) is 11.6 Å². The van der Waals surface area contributed by atoms with Crippen LogP contribution >= 0.6 is 0 Å². The minimum absolute atomic E-state index is 0.0162. The summed E-state index contributed by atoms with van der Waals surface area (Å²) in [5.74, 6) is 2.36. The Morgan fingerprint density at radius 1 is 1.20 bits per heavy atom. The van der Waals surface area contributed by atoms with Gasteiger partial charge in [-0.15, -0.1) is 0 Å². The van der Waals surface area contributed by atoms with Crippen molar-refractivity contribution in [2.24, 2.45) is 17.8 Å². The van der Waals surface area contributed by atoms with Crippen LogP contribution in [0.3, 0.4) is 0 Å². The van der Waals surface area contributed by atoms with Gasteiger partial charge in [-0.05, 0) is 63.7 Å². The van der Waals surface area contributed by atoms with Crippen molar-refractivity contribution in [3.8, 4) is 0 Å². The van der Waals surface area contributed by atoms with Crippen molar-refractivity contribution in [1.29, 1.82) is 0 Å². The molecule has 112 valence electrons. The van der Waals surface area contributed by atoms with E-state index in [0.29, 0.717) is 12.3 Å². The summed E-state index contributed by atoms with van der Waals surface area (Å²) >= 11 is 0. The molecular weight excluding hydrogens is 252 g/mol. The molecule has 1 heterocycles. The topological polar surface area (TPSA) is 49.4 Å². The molecule has 3 rings (SSSR count). The first kappa shape index (κ1) is 13.9. The Morgan fingerprint density at radius 2 is 1.75 bits per heavy atom. The largest absolute Gasteiger partial charge is 0.340 e. The van der Waals surface area contributed by atoms with Gasteiger partial charge in [0.05, 0.1) is 0 Å². The normalized spacial score (nSPS) is 29.8. The summed E-state index contributed by atoms with van der Waals surface area (Å²) in [7, 11) is 0. The molecule has 2 saturated carbocycles. The number of piperazine rings is 1. The number of hydrogen-bond donors (Lipinski definition) is 1. The third kappa shape index (κ3) is 2.45. The van der Waals surface area contributed by atoms with Crippen molar-refractivity contribution in [3.63, 3.8) is 0 Å². The predicted molar refractivity (Wildman–Crippen MR) is 77.0 cm³/mol. The van der Waals surface area contributed by atoms with E-state index < -0.39 is 5.54 Å². The van der Waals surface area contributed by atoms with Gasteiger partial charge in [0.25, 0.3) is 0 Å². The molecule has 2 amide bonds. The summed E-state index contributed by atoms with van der Waals surface area (Å²) < 4.78 is 0. The van der Waals surface area contributed by atoms with Gasteiger partial charge in [0, 0.05) is 6.54 Å². The molecule has 3 aliphatic rings. The van der Waals surface area contributed by atoms with Crippen LogP contribution in [0.4, 0.5) is 0 Å². The van der Waals surface area contributed by atoms with E-state index in [2.05, 4.69) is 5.32 Å². The number of rotatable bonds is 5. The first-order valence-corrected chi connectivity index (χ1v) is 8.07. The van der Waals surface area contributed by atoms with E-state index in [4.69, 9.17) is 0 Å². The minimum Gasteiger partial charge on any atom is -0.340 e. The molecule has 0 radical (unpaired) electrons. The van der Waals surface area contributed by atoms with Crippen LogP contribution in [0, 0.1) is 17.8 Å². The zero-order chi connectivity index (χ0) is 14.5. The highest BCUT2D eigenvalue weighted by atomic mass is 16.2. The van der Waals surface area contributed by atoms with Crippen LogP contribution in [0.1, 0.15) is 52.9 Å². The second-order valence-corrected chi connectivity index (χ2v) is 7.33. The van der Waals surface area contributed by atoms with E-state index >= 15 is 0 Å². The Morgan fingerprint density at radius 3 is 2.20 bits per heavy atom. The van der Waals surface area contributed by atoms with E-state index in [0.717, 1.165) is 18.4 Å². The minimum atomic E-state index is -0.750. The third-order valence-corrected chi connectivity index (χ3v) is 5.16. The molecule has 20 heavy (non-hydrogen) atoms. The number of carbonyl (C=O) groups excluding carboxylic acids is 2. The molecule has 4 nitrogen and oxygen atoms in total. The van der Waals surface area contributed by atoms with Gasteiger partial charge in [-0.1, -0.05) is 6.92 Å². The lowest BCUT2D eigenvalue weighted by Crippen LogP contribution is -2.68. The Bertz CT molecular complexity index is 412. The molecule has 0 bridgehead atoms. The molecule has 3 fully saturated rings. The first-order valence-electron chi connectivity index (χ1n) is 8.07. The fourth-order valence-corrected chi connectivity index (χ4v) is 3.66. The molecule has 4 heteroatoms. The maximum absolute atomic E-state index is 12.7. The van der Waals surface area contributed by atoms with Gasteiger partial charge in [-0.2, -0.15) is 0 Å². The number of hydrogen-bond acceptors (Lipinski definition) is 2. The van der Waals surface area contributed by atoms with E-state index in [9.17, 15) is 9.59 Å². The van der Waals surface area contributed by atoms with Gasteiger partial charge in [-0.25, -0.2) is 0 Å². The molecule has 2 aliphatic carbocycles. The quantitative estimate of drug-likeness (QED) is 0.835. The van der Waals surface area contributed by atoms with E-state index in [1.165, 1.54) is 25.7 Å². The molecule has 1 unspecified atom stereocenters. The van der Waals surface area contributed by atoms with Crippen LogP contribution in [-0.2, 0) is 9.59 Å². The second-order valence-electron chi connectivity index (χ2n) is 7.33. The zero-order valence-electron chi connectivity index (χ0n) is 12.8. The molecule has 1 atom stereocenters. The summed E-state index contributed by atoms with van der Waals surface area (Å²) in [5.41, 5.74) is -0.750. The molecular formula is C16H26N2O2. The summed E-state index contributed by atoms with van der Waals surface area (Å²) in [5, 5.41) is 2.87. The number of carbonyl (C=O) groups is 2. The number of nitrogens with zero attached hydrogens (tertiary/aromatic N) is 1. The van der Waals surface area contributed by atoms with Crippen LogP contribution < -0.4 is 5.32 Å². The lowest BCUT2D eigenvalue weighted by molar-refractivity contribution is -0.154. The number of amides is 2. The summed E-state index contributed by atoms with van der Waals surface area (Å²) in [4.78, 5) is 26.8. The van der Waals surface area contributed by atoms with E-state index in [1.807, 2.05) is 25.7 Å². The predicted octanol–water partition coefficient (Wildman–Crippen LogP) is 1.94. The van der Waals surface area contributed by atoms with Gasteiger partial charge in [0.15, 0.2) is 0 Å². The highest BCUT2D eigenvalue weighted by Gasteiger charge is 2.48. The van der Waals surface area contributed by atoms with Crippen molar-refractivity contribution in [2.45, 2.75) is 64.5 Å². The monoisotopic (exact) mass is 278 g/mol. The van der Waals surface area contributed by atoms with E-state index in [-0.39, 0.29) is 17.9 Å². The Balaban J connectivity index is 1.79. The van der Waals surface area contributed by atoms with Crippen molar-refractivity contribution in [3.05, 3.63) is 0 Å². The SMILES string of the molecule is CCC1C(=O)NC(C)(C)C(=O)N1CC(C1CC1)C1CC1. The summed E-state index contributed by atoms with van der Waals surface area (Å²) in [6.07, 6.45) is 5.96. The van der Waals surface area contributed by atoms with Gasteiger partial charge in [0.2, 0.25) is 11.8 Å². The third-order valence-electron chi connectivity index (χ3n) is 5.16. The second kappa shape index (κ2) is 4.74. The van der Waals surface area contributed by atoms with Crippen molar-refractivity contribution < 1.29 is 9.59 Å². The summed E-state index contributed by atoms with van der Waals surface area (Å²) in [6.45, 7) is 6.42. The lowest BCUT2D eigenvalue weighted by atomic mass is 9.91. The Hall–Kier alpha value is -1.06. The number of nitrogens with one attached hydrogen (secondary N) is 1. The van der Waals surface area contributed by atoms with Crippen molar-refractivity contribution in [2.75, 3.05) is 6.54 Å². The fraction of sp³-hybridized carbons (Fsp3) is 0.875. The highest BCUT2D eigenvalue weighted by Crippen LogP contribution is 2.49. The summed E-state index contributed by atoms with van der Waals surface area (Å²) in [6, 6.07) is -0.268. The van der Waals surface area contributed by atoms with Gasteiger partial charge < -0.3 is 10.2 Å². The highest BCUT2D eigenvalue weighted by molar-refractivity contribution is 5.99. The molecule has 0 aromatic carbocycles. The molecule has 1 saturated heterocycles. The Kier molecular flexibility index (Phi) is 3.30. The van der Waals surface area contributed by atoms with Crippen LogP contribution in [-0.4, -0.2) is 34.8 Å². The van der Waals surface area contributed by atoms with Crippen LogP contribution in [0.25, 0.3) is 0 Å². The van der Waals surface area contributed by atoms with Crippen molar-refractivity contribution in [1.82, 2.24) is 10.2 Å². The molecule has 1 aliphatic heterocycles. The maximum Gasteiger partial charge on any atom is 0.248 e. The maximum atomic E-state index is 12.7.